The summed E-state index contributed by atoms with van der Waals surface area (Å²) in [5.74, 6) is -0.994. The van der Waals surface area contributed by atoms with Crippen LogP contribution in [0.4, 0.5) is 0 Å². The Balaban J connectivity index is 2.36. The van der Waals surface area contributed by atoms with Crippen LogP contribution in [0, 0.1) is 5.92 Å². The van der Waals surface area contributed by atoms with Gasteiger partial charge in [0.05, 0.1) is 0 Å². The maximum Gasteiger partial charge on any atom is 0.328 e. The number of ketones is 1. The maximum atomic E-state index is 10.8. The van der Waals surface area contributed by atoms with Gasteiger partial charge in [0.15, 0.2) is 5.78 Å². The van der Waals surface area contributed by atoms with Crippen molar-refractivity contribution in [3.63, 3.8) is 0 Å². The highest BCUT2D eigenvalue weighted by molar-refractivity contribution is 5.97. The third-order valence-corrected chi connectivity index (χ3v) is 1.37. The summed E-state index contributed by atoms with van der Waals surface area (Å²) >= 11 is 0. The normalized spacial score (nSPS) is 17.6. The predicted octanol–water partition coefficient (Wildman–Crippen LogP) is 0.606. The zero-order valence-corrected chi connectivity index (χ0v) is 5.41. The molecular weight excluding hydrogens is 132 g/mol. The number of rotatable bonds is 3. The van der Waals surface area contributed by atoms with Crippen molar-refractivity contribution >= 4 is 11.8 Å². The van der Waals surface area contributed by atoms with Crippen LogP contribution in [0.3, 0.4) is 0 Å². The van der Waals surface area contributed by atoms with E-state index >= 15 is 0 Å². The fraction of sp³-hybridized carbons (Fsp3) is 0.429. The summed E-state index contributed by atoms with van der Waals surface area (Å²) in [6.45, 7) is 0. The highest BCUT2D eigenvalue weighted by atomic mass is 16.4. The number of carboxylic acid groups (broad SMARTS) is 1. The van der Waals surface area contributed by atoms with E-state index in [0.29, 0.717) is 0 Å². The first kappa shape index (κ1) is 6.99. The summed E-state index contributed by atoms with van der Waals surface area (Å²) in [7, 11) is 0. The summed E-state index contributed by atoms with van der Waals surface area (Å²) in [5, 5.41) is 8.13. The van der Waals surface area contributed by atoms with Gasteiger partial charge in [-0.15, -0.1) is 0 Å². The molecule has 1 N–H and O–H groups in total. The van der Waals surface area contributed by atoms with E-state index in [-0.39, 0.29) is 11.7 Å². The van der Waals surface area contributed by atoms with Crippen molar-refractivity contribution in [2.24, 2.45) is 5.92 Å². The van der Waals surface area contributed by atoms with Gasteiger partial charge in [-0.05, 0) is 18.9 Å². The van der Waals surface area contributed by atoms with Crippen molar-refractivity contribution in [3.8, 4) is 0 Å². The van der Waals surface area contributed by atoms with Crippen molar-refractivity contribution in [1.82, 2.24) is 0 Å². The van der Waals surface area contributed by atoms with Gasteiger partial charge in [0.25, 0.3) is 0 Å². The average molecular weight is 140 g/mol. The third kappa shape index (κ3) is 2.01. The molecule has 3 nitrogen and oxygen atoms in total. The summed E-state index contributed by atoms with van der Waals surface area (Å²) in [6.07, 6.45) is 3.87. The smallest absolute Gasteiger partial charge is 0.328 e. The molecule has 3 heteroatoms. The van der Waals surface area contributed by atoms with E-state index < -0.39 is 5.97 Å². The molecule has 0 spiro atoms. The predicted molar refractivity (Wildman–Crippen MR) is 34.5 cm³/mol. The fourth-order valence-electron chi connectivity index (χ4n) is 0.657. The SMILES string of the molecule is O=C(O)/C=C/C(=O)C1CC1. The quantitative estimate of drug-likeness (QED) is 0.584. The van der Waals surface area contributed by atoms with Crippen LogP contribution in [0.2, 0.25) is 0 Å². The van der Waals surface area contributed by atoms with Crippen LogP contribution in [0.25, 0.3) is 0 Å². The van der Waals surface area contributed by atoms with Gasteiger partial charge in [-0.3, -0.25) is 4.79 Å². The summed E-state index contributed by atoms with van der Waals surface area (Å²) < 4.78 is 0. The van der Waals surface area contributed by atoms with Crippen LogP contribution in [0.15, 0.2) is 12.2 Å². The van der Waals surface area contributed by atoms with Crippen LogP contribution in [-0.2, 0) is 9.59 Å². The first-order valence-electron chi connectivity index (χ1n) is 3.15. The molecule has 1 aliphatic carbocycles. The standard InChI is InChI=1S/C7H8O3/c8-6(5-1-2-5)3-4-7(9)10/h3-5H,1-2H2,(H,9,10)/b4-3+. The molecule has 0 aromatic carbocycles. The maximum absolute atomic E-state index is 10.8. The number of carbonyl (C=O) groups excluding carboxylic acids is 1. The van der Waals surface area contributed by atoms with Crippen LogP contribution in [-0.4, -0.2) is 16.9 Å². The van der Waals surface area contributed by atoms with Gasteiger partial charge in [0, 0.05) is 12.0 Å². The van der Waals surface area contributed by atoms with Gasteiger partial charge in [0.2, 0.25) is 0 Å². The fourth-order valence-corrected chi connectivity index (χ4v) is 0.657. The second kappa shape index (κ2) is 2.64. The van der Waals surface area contributed by atoms with Crippen molar-refractivity contribution in [2.45, 2.75) is 12.8 Å². The first-order chi connectivity index (χ1) is 4.70. The first-order valence-corrected chi connectivity index (χ1v) is 3.15. The zero-order chi connectivity index (χ0) is 7.56. The lowest BCUT2D eigenvalue weighted by molar-refractivity contribution is -0.131. The molecule has 1 aliphatic rings. The summed E-state index contributed by atoms with van der Waals surface area (Å²) in [5.41, 5.74) is 0. The Kier molecular flexibility index (Phi) is 1.85. The van der Waals surface area contributed by atoms with Gasteiger partial charge < -0.3 is 5.11 Å². The molecule has 0 aliphatic heterocycles. The molecule has 0 aromatic heterocycles. The molecule has 0 unspecified atom stereocenters. The molecule has 1 fully saturated rings. The molecule has 0 aromatic rings. The molecular formula is C7H8O3. The molecule has 0 amide bonds. The number of aliphatic carboxylic acids is 1. The van der Waals surface area contributed by atoms with E-state index in [2.05, 4.69) is 0 Å². The van der Waals surface area contributed by atoms with E-state index in [4.69, 9.17) is 5.11 Å². The van der Waals surface area contributed by atoms with E-state index in [1.165, 1.54) is 0 Å². The number of carboxylic acids is 1. The third-order valence-electron chi connectivity index (χ3n) is 1.37. The Morgan fingerprint density at radius 3 is 2.30 bits per heavy atom. The van der Waals surface area contributed by atoms with E-state index in [1.54, 1.807) is 0 Å². The van der Waals surface area contributed by atoms with Crippen molar-refractivity contribution in [2.75, 3.05) is 0 Å². The zero-order valence-electron chi connectivity index (χ0n) is 5.41. The topological polar surface area (TPSA) is 54.4 Å². The van der Waals surface area contributed by atoms with Crippen LogP contribution in [0.5, 0.6) is 0 Å². The minimum atomic E-state index is -1.06. The van der Waals surface area contributed by atoms with Gasteiger partial charge >= 0.3 is 5.97 Å². The Bertz CT molecular complexity index is 189. The highest BCUT2D eigenvalue weighted by Gasteiger charge is 2.27. The number of hydrogen-bond donors (Lipinski definition) is 1. The van der Waals surface area contributed by atoms with Crippen molar-refractivity contribution < 1.29 is 14.7 Å². The Labute approximate surface area is 58.4 Å². The monoisotopic (exact) mass is 140 g/mol. The summed E-state index contributed by atoms with van der Waals surface area (Å²) in [4.78, 5) is 20.7. The van der Waals surface area contributed by atoms with E-state index in [1.807, 2.05) is 0 Å². The Hall–Kier alpha value is -1.12. The van der Waals surface area contributed by atoms with Gasteiger partial charge in [-0.2, -0.15) is 0 Å². The van der Waals surface area contributed by atoms with Crippen LogP contribution in [0.1, 0.15) is 12.8 Å². The molecule has 54 valence electrons. The molecule has 0 saturated heterocycles. The van der Waals surface area contributed by atoms with Gasteiger partial charge in [-0.25, -0.2) is 4.79 Å². The van der Waals surface area contributed by atoms with Crippen molar-refractivity contribution in [3.05, 3.63) is 12.2 Å². The second-order valence-corrected chi connectivity index (χ2v) is 2.35. The number of allylic oxidation sites excluding steroid dienone is 1. The highest BCUT2D eigenvalue weighted by Crippen LogP contribution is 2.29. The minimum absolute atomic E-state index is 0.0533. The average Bonchev–Trinajstić information content (AvgIpc) is 2.63. The van der Waals surface area contributed by atoms with Crippen LogP contribution >= 0.6 is 0 Å². The second-order valence-electron chi connectivity index (χ2n) is 2.35. The molecule has 1 saturated carbocycles. The molecule has 0 atom stereocenters. The van der Waals surface area contributed by atoms with E-state index in [9.17, 15) is 9.59 Å². The number of carbonyl (C=O) groups is 2. The number of hydrogen-bond acceptors (Lipinski definition) is 2. The van der Waals surface area contributed by atoms with Gasteiger partial charge in [0.1, 0.15) is 0 Å². The molecule has 0 heterocycles. The molecule has 1 rings (SSSR count). The van der Waals surface area contributed by atoms with Crippen molar-refractivity contribution in [1.29, 1.82) is 0 Å². The lowest BCUT2D eigenvalue weighted by atomic mass is 10.2. The molecule has 0 radical (unpaired) electrons. The Morgan fingerprint density at radius 2 is 1.90 bits per heavy atom. The minimum Gasteiger partial charge on any atom is -0.478 e. The molecule has 10 heavy (non-hydrogen) atoms. The summed E-state index contributed by atoms with van der Waals surface area (Å²) in [6, 6.07) is 0. The molecule has 0 bridgehead atoms. The Morgan fingerprint density at radius 1 is 1.30 bits per heavy atom. The van der Waals surface area contributed by atoms with Gasteiger partial charge in [-0.1, -0.05) is 0 Å². The lowest BCUT2D eigenvalue weighted by Gasteiger charge is -1.83. The van der Waals surface area contributed by atoms with Crippen LogP contribution < -0.4 is 0 Å². The lowest BCUT2D eigenvalue weighted by Crippen LogP contribution is -1.96. The van der Waals surface area contributed by atoms with E-state index in [0.717, 1.165) is 25.0 Å². The largest absolute Gasteiger partial charge is 0.478 e.